The molecule has 0 spiro atoms. The molecule has 1 aliphatic rings. The van der Waals surface area contributed by atoms with Crippen LogP contribution in [0.25, 0.3) is 0 Å². The summed E-state index contributed by atoms with van der Waals surface area (Å²) in [6.45, 7) is 8.36. The zero-order chi connectivity index (χ0) is 17.2. The topological polar surface area (TPSA) is 49.1 Å². The van der Waals surface area contributed by atoms with Crippen molar-refractivity contribution in [3.8, 4) is 0 Å². The van der Waals surface area contributed by atoms with Gasteiger partial charge in [0.15, 0.2) is 17.5 Å². The normalized spacial score (nSPS) is 16.1. The summed E-state index contributed by atoms with van der Waals surface area (Å²) in [5, 5.41) is 3.40. The van der Waals surface area contributed by atoms with Crippen LogP contribution >= 0.6 is 0 Å². The highest BCUT2D eigenvalue weighted by Gasteiger charge is 2.23. The van der Waals surface area contributed by atoms with E-state index in [2.05, 4.69) is 60.1 Å². The molecule has 0 bridgehead atoms. The molecule has 1 aliphatic heterocycles. The number of rotatable bonds is 2. The molecular formula is C20H22N4. The largest absolute Gasteiger partial charge is 0.362 e. The quantitative estimate of drug-likeness (QED) is 0.883. The lowest BCUT2D eigenvalue weighted by molar-refractivity contribution is 0.514. The number of benzene rings is 2. The van der Waals surface area contributed by atoms with Gasteiger partial charge in [-0.15, -0.1) is 0 Å². The second-order valence-corrected chi connectivity index (χ2v) is 6.91. The van der Waals surface area contributed by atoms with Crippen molar-refractivity contribution in [1.82, 2.24) is 5.32 Å². The Balaban J connectivity index is 1.99. The molecule has 0 unspecified atom stereocenters. The monoisotopic (exact) mass is 318 g/mol. The third-order valence-electron chi connectivity index (χ3n) is 3.44. The van der Waals surface area contributed by atoms with Crippen molar-refractivity contribution < 1.29 is 0 Å². The Morgan fingerprint density at radius 3 is 2.17 bits per heavy atom. The van der Waals surface area contributed by atoms with Crippen molar-refractivity contribution in [2.24, 2.45) is 15.0 Å². The van der Waals surface area contributed by atoms with Gasteiger partial charge in [-0.05, 0) is 39.8 Å². The Kier molecular flexibility index (Phi) is 4.30. The van der Waals surface area contributed by atoms with Gasteiger partial charge in [-0.2, -0.15) is 0 Å². The average Bonchev–Trinajstić information content (AvgIpc) is 2.90. The first kappa shape index (κ1) is 16.1. The molecular weight excluding hydrogens is 296 g/mol. The van der Waals surface area contributed by atoms with Gasteiger partial charge in [-0.25, -0.2) is 15.0 Å². The fraction of sp³-hybridized carbons (Fsp3) is 0.250. The maximum atomic E-state index is 4.68. The maximum absolute atomic E-state index is 4.68. The predicted octanol–water partition coefficient (Wildman–Crippen LogP) is 4.27. The van der Waals surface area contributed by atoms with Crippen molar-refractivity contribution in [2.45, 2.75) is 33.2 Å². The molecule has 122 valence electrons. The van der Waals surface area contributed by atoms with E-state index in [4.69, 9.17) is 0 Å². The number of nitrogens with zero attached hydrogens (tertiary/aromatic N) is 3. The lowest BCUT2D eigenvalue weighted by Gasteiger charge is -2.21. The summed E-state index contributed by atoms with van der Waals surface area (Å²) in [6, 6.07) is 18.0. The summed E-state index contributed by atoms with van der Waals surface area (Å²) in [5.41, 5.74) is 2.96. The van der Waals surface area contributed by atoms with Crippen LogP contribution in [0.2, 0.25) is 0 Å². The van der Waals surface area contributed by atoms with Crippen molar-refractivity contribution in [2.75, 3.05) is 0 Å². The van der Waals surface area contributed by atoms with Crippen molar-refractivity contribution in [1.29, 1.82) is 0 Å². The molecule has 0 aliphatic carbocycles. The Morgan fingerprint density at radius 1 is 0.875 bits per heavy atom. The second kappa shape index (κ2) is 6.40. The molecule has 0 aromatic heterocycles. The van der Waals surface area contributed by atoms with Gasteiger partial charge in [0.05, 0.1) is 5.69 Å². The summed E-state index contributed by atoms with van der Waals surface area (Å²) < 4.78 is 0. The van der Waals surface area contributed by atoms with Gasteiger partial charge in [-0.3, -0.25) is 0 Å². The van der Waals surface area contributed by atoms with Gasteiger partial charge >= 0.3 is 0 Å². The van der Waals surface area contributed by atoms with E-state index in [9.17, 15) is 0 Å². The molecule has 24 heavy (non-hydrogen) atoms. The van der Waals surface area contributed by atoms with Crippen LogP contribution in [0, 0.1) is 6.92 Å². The molecule has 1 N–H and O–H groups in total. The molecule has 2 aromatic rings. The van der Waals surface area contributed by atoms with E-state index in [1.54, 1.807) is 0 Å². The highest BCUT2D eigenvalue weighted by atomic mass is 15.2. The van der Waals surface area contributed by atoms with Gasteiger partial charge in [0, 0.05) is 11.1 Å². The summed E-state index contributed by atoms with van der Waals surface area (Å²) in [5.74, 6) is 2.02. The molecule has 0 saturated carbocycles. The van der Waals surface area contributed by atoms with E-state index in [0.717, 1.165) is 11.3 Å². The van der Waals surface area contributed by atoms with E-state index >= 15 is 0 Å². The van der Waals surface area contributed by atoms with Crippen LogP contribution in [-0.4, -0.2) is 23.0 Å². The Bertz CT molecular complexity index is 807. The van der Waals surface area contributed by atoms with Crippen molar-refractivity contribution in [3.05, 3.63) is 65.7 Å². The molecule has 3 rings (SSSR count). The molecule has 4 heteroatoms. The summed E-state index contributed by atoms with van der Waals surface area (Å²) in [4.78, 5) is 14.0. The summed E-state index contributed by atoms with van der Waals surface area (Å²) >= 11 is 0. The number of para-hydroxylation sites is 1. The highest BCUT2D eigenvalue weighted by Crippen LogP contribution is 2.16. The van der Waals surface area contributed by atoms with E-state index in [-0.39, 0.29) is 5.54 Å². The SMILES string of the molecule is Cc1ccc(C2=N/C(=N\c3ccccc3)C(NC(C)(C)C)=N2)cc1. The predicted molar refractivity (Wildman–Crippen MR) is 102 cm³/mol. The smallest absolute Gasteiger partial charge is 0.198 e. The fourth-order valence-electron chi connectivity index (χ4n) is 2.31. The lowest BCUT2D eigenvalue weighted by Crippen LogP contribution is -2.43. The minimum Gasteiger partial charge on any atom is -0.362 e. The van der Waals surface area contributed by atoms with Gasteiger partial charge in [0.1, 0.15) is 0 Å². The minimum atomic E-state index is -0.117. The van der Waals surface area contributed by atoms with E-state index in [0.29, 0.717) is 17.5 Å². The third-order valence-corrected chi connectivity index (χ3v) is 3.44. The molecule has 2 aromatic carbocycles. The molecule has 0 atom stereocenters. The second-order valence-electron chi connectivity index (χ2n) is 6.91. The number of hydrogen-bond acceptors (Lipinski definition) is 3. The maximum Gasteiger partial charge on any atom is 0.198 e. The third kappa shape index (κ3) is 3.96. The van der Waals surface area contributed by atoms with Crippen molar-refractivity contribution >= 4 is 23.2 Å². The molecule has 0 fully saturated rings. The number of nitrogens with one attached hydrogen (secondary N) is 1. The van der Waals surface area contributed by atoms with Gasteiger partial charge in [0.25, 0.3) is 0 Å². The average molecular weight is 318 g/mol. The summed E-state index contributed by atoms with van der Waals surface area (Å²) in [6.07, 6.45) is 0. The van der Waals surface area contributed by atoms with Crippen LogP contribution in [0.1, 0.15) is 31.9 Å². The molecule has 4 nitrogen and oxygen atoms in total. The van der Waals surface area contributed by atoms with Crippen LogP contribution in [0.15, 0.2) is 69.6 Å². The first-order valence-electron chi connectivity index (χ1n) is 8.07. The van der Waals surface area contributed by atoms with Gasteiger partial charge < -0.3 is 5.32 Å². The molecule has 0 amide bonds. The first-order valence-corrected chi connectivity index (χ1v) is 8.07. The van der Waals surface area contributed by atoms with Crippen LogP contribution < -0.4 is 5.32 Å². The molecule has 0 saturated heterocycles. The van der Waals surface area contributed by atoms with E-state index in [1.807, 2.05) is 42.5 Å². The molecule has 0 radical (unpaired) electrons. The van der Waals surface area contributed by atoms with Crippen LogP contribution in [0.3, 0.4) is 0 Å². The number of aryl methyl sites for hydroxylation is 1. The van der Waals surface area contributed by atoms with Crippen LogP contribution in [0.5, 0.6) is 0 Å². The Hall–Kier alpha value is -2.75. The lowest BCUT2D eigenvalue weighted by atomic mass is 10.1. The highest BCUT2D eigenvalue weighted by molar-refractivity contribution is 6.48. The fourth-order valence-corrected chi connectivity index (χ4v) is 2.31. The Labute approximate surface area is 143 Å². The standard InChI is InChI=1S/C20H22N4/c1-14-10-12-15(13-11-14)17-22-18(19(23-17)24-20(2,3)4)21-16-8-6-5-7-9-16/h5-13H,1-4H3,(H,21,22,23,24). The first-order chi connectivity index (χ1) is 11.4. The van der Waals surface area contributed by atoms with E-state index in [1.165, 1.54) is 5.56 Å². The number of hydrogen-bond donors (Lipinski definition) is 1. The number of aliphatic imine (C=N–C) groups is 3. The summed E-state index contributed by atoms with van der Waals surface area (Å²) in [7, 11) is 0. The zero-order valence-electron chi connectivity index (χ0n) is 14.5. The van der Waals surface area contributed by atoms with Crippen LogP contribution in [0.4, 0.5) is 5.69 Å². The molecule has 1 heterocycles. The van der Waals surface area contributed by atoms with E-state index < -0.39 is 0 Å². The van der Waals surface area contributed by atoms with Crippen LogP contribution in [-0.2, 0) is 0 Å². The minimum absolute atomic E-state index is 0.117. The Morgan fingerprint density at radius 2 is 1.54 bits per heavy atom. The zero-order valence-corrected chi connectivity index (χ0v) is 14.5. The van der Waals surface area contributed by atoms with Crippen molar-refractivity contribution in [3.63, 3.8) is 0 Å². The number of amidine groups is 3. The van der Waals surface area contributed by atoms with Gasteiger partial charge in [-0.1, -0.05) is 48.0 Å². The van der Waals surface area contributed by atoms with Gasteiger partial charge in [0.2, 0.25) is 0 Å².